The molecular weight excluding hydrogens is 306 g/mol. The van der Waals surface area contributed by atoms with Crippen LogP contribution >= 0.6 is 0 Å². The molecule has 1 saturated carbocycles. The molecule has 126 valence electrons. The molecule has 24 heavy (non-hydrogen) atoms. The topological polar surface area (TPSA) is 75.4 Å². The molecule has 7 nitrogen and oxygen atoms in total. The largest absolute Gasteiger partial charge is 0.361 e. The Hall–Kier alpha value is -2.44. The van der Waals surface area contributed by atoms with Crippen LogP contribution in [0.15, 0.2) is 16.7 Å². The Kier molecular flexibility index (Phi) is 3.70. The number of rotatable bonds is 3. The monoisotopic (exact) mass is 327 g/mol. The summed E-state index contributed by atoms with van der Waals surface area (Å²) in [6.45, 7) is 6.42. The van der Waals surface area contributed by atoms with Crippen LogP contribution in [0.4, 0.5) is 5.82 Å². The lowest BCUT2D eigenvalue weighted by molar-refractivity contribution is 0.0744. The summed E-state index contributed by atoms with van der Waals surface area (Å²) in [5, 5.41) is 12.6. The first kappa shape index (κ1) is 15.1. The second-order valence-corrected chi connectivity index (χ2v) is 6.57. The highest BCUT2D eigenvalue weighted by atomic mass is 16.5. The van der Waals surface area contributed by atoms with Gasteiger partial charge in [0.25, 0.3) is 5.91 Å². The van der Waals surface area contributed by atoms with Gasteiger partial charge in [-0.05, 0) is 38.8 Å². The second-order valence-electron chi connectivity index (χ2n) is 6.57. The predicted octanol–water partition coefficient (Wildman–Crippen LogP) is 1.92. The summed E-state index contributed by atoms with van der Waals surface area (Å²) < 4.78 is 5.11. The van der Waals surface area contributed by atoms with Gasteiger partial charge in [0.15, 0.2) is 5.82 Å². The number of piperazine rings is 1. The quantitative estimate of drug-likeness (QED) is 0.857. The normalized spacial score (nSPS) is 18.1. The van der Waals surface area contributed by atoms with E-state index in [1.165, 1.54) is 12.8 Å². The fourth-order valence-electron chi connectivity index (χ4n) is 3.19. The van der Waals surface area contributed by atoms with E-state index in [1.54, 1.807) is 13.8 Å². The van der Waals surface area contributed by atoms with Crippen LogP contribution in [0.25, 0.3) is 0 Å². The lowest BCUT2D eigenvalue weighted by atomic mass is 10.1. The third kappa shape index (κ3) is 2.74. The molecule has 2 fully saturated rings. The van der Waals surface area contributed by atoms with Crippen molar-refractivity contribution in [2.45, 2.75) is 32.6 Å². The van der Waals surface area contributed by atoms with Gasteiger partial charge in [0.05, 0.1) is 11.4 Å². The molecule has 0 N–H and O–H groups in total. The van der Waals surface area contributed by atoms with E-state index in [1.807, 2.05) is 11.0 Å². The number of hydrogen-bond donors (Lipinski definition) is 0. The van der Waals surface area contributed by atoms with E-state index in [4.69, 9.17) is 4.52 Å². The van der Waals surface area contributed by atoms with Gasteiger partial charge in [-0.3, -0.25) is 4.79 Å². The zero-order valence-electron chi connectivity index (χ0n) is 14.0. The summed E-state index contributed by atoms with van der Waals surface area (Å²) in [6.07, 6.45) is 2.47. The third-order valence-electron chi connectivity index (χ3n) is 4.80. The van der Waals surface area contributed by atoms with Gasteiger partial charge < -0.3 is 14.3 Å². The fourth-order valence-corrected chi connectivity index (χ4v) is 3.19. The molecule has 2 aromatic rings. The summed E-state index contributed by atoms with van der Waals surface area (Å²) in [5.41, 5.74) is 2.35. The Balaban J connectivity index is 1.40. The van der Waals surface area contributed by atoms with Crippen molar-refractivity contribution in [1.29, 1.82) is 0 Å². The summed E-state index contributed by atoms with van der Waals surface area (Å²) in [7, 11) is 0. The molecule has 0 atom stereocenters. The molecule has 1 amide bonds. The van der Waals surface area contributed by atoms with Crippen molar-refractivity contribution in [3.05, 3.63) is 34.8 Å². The highest BCUT2D eigenvalue weighted by Crippen LogP contribution is 2.38. The van der Waals surface area contributed by atoms with E-state index in [0.29, 0.717) is 36.0 Å². The van der Waals surface area contributed by atoms with E-state index >= 15 is 0 Å². The van der Waals surface area contributed by atoms with Crippen molar-refractivity contribution in [1.82, 2.24) is 20.3 Å². The van der Waals surface area contributed by atoms with Crippen molar-refractivity contribution in [2.24, 2.45) is 0 Å². The molecule has 0 unspecified atom stereocenters. The molecule has 1 saturated heterocycles. The molecular formula is C17H21N5O2. The molecule has 1 aliphatic carbocycles. The molecule has 4 rings (SSSR count). The Bertz CT molecular complexity index is 723. The number of hydrogen-bond acceptors (Lipinski definition) is 6. The average Bonchev–Trinajstić information content (AvgIpc) is 3.40. The zero-order valence-corrected chi connectivity index (χ0v) is 14.0. The van der Waals surface area contributed by atoms with E-state index in [-0.39, 0.29) is 5.91 Å². The SMILES string of the molecule is Cc1noc(C)c1C(=O)N1CCN(c2ccc(C3CC3)nn2)CC1. The van der Waals surface area contributed by atoms with Gasteiger partial charge >= 0.3 is 0 Å². The smallest absolute Gasteiger partial charge is 0.259 e. The highest BCUT2D eigenvalue weighted by Gasteiger charge is 2.28. The summed E-state index contributed by atoms with van der Waals surface area (Å²) in [6, 6.07) is 4.13. The summed E-state index contributed by atoms with van der Waals surface area (Å²) in [5.74, 6) is 2.10. The maximum Gasteiger partial charge on any atom is 0.259 e. The van der Waals surface area contributed by atoms with Crippen LogP contribution in [0.3, 0.4) is 0 Å². The number of aryl methyl sites for hydroxylation is 2. The number of amides is 1. The standard InChI is InChI=1S/C17H21N5O2/c1-11-16(12(2)24-20-11)17(23)22-9-7-21(8-10-22)15-6-5-14(18-19-15)13-3-4-13/h5-6,13H,3-4,7-10H2,1-2H3. The summed E-state index contributed by atoms with van der Waals surface area (Å²) in [4.78, 5) is 16.7. The van der Waals surface area contributed by atoms with Gasteiger partial charge in [-0.25, -0.2) is 0 Å². The van der Waals surface area contributed by atoms with Gasteiger partial charge in [-0.2, -0.15) is 5.10 Å². The predicted molar refractivity (Wildman–Crippen MR) is 88.1 cm³/mol. The molecule has 0 bridgehead atoms. The van der Waals surface area contributed by atoms with E-state index < -0.39 is 0 Å². The lowest BCUT2D eigenvalue weighted by Gasteiger charge is -2.35. The molecule has 0 spiro atoms. The first-order valence-corrected chi connectivity index (χ1v) is 8.44. The lowest BCUT2D eigenvalue weighted by Crippen LogP contribution is -2.49. The van der Waals surface area contributed by atoms with Crippen LogP contribution in [0, 0.1) is 13.8 Å². The van der Waals surface area contributed by atoms with Crippen LogP contribution in [0.2, 0.25) is 0 Å². The number of anilines is 1. The van der Waals surface area contributed by atoms with Gasteiger partial charge in [-0.1, -0.05) is 5.16 Å². The Morgan fingerprint density at radius 3 is 2.42 bits per heavy atom. The van der Waals surface area contributed by atoms with Crippen LogP contribution in [0.5, 0.6) is 0 Å². The number of aromatic nitrogens is 3. The second kappa shape index (κ2) is 5.89. The van der Waals surface area contributed by atoms with E-state index in [9.17, 15) is 4.79 Å². The Morgan fingerprint density at radius 1 is 1.12 bits per heavy atom. The molecule has 3 heterocycles. The molecule has 7 heteroatoms. The first-order valence-electron chi connectivity index (χ1n) is 8.44. The van der Waals surface area contributed by atoms with Crippen molar-refractivity contribution in [3.8, 4) is 0 Å². The van der Waals surface area contributed by atoms with Gasteiger partial charge in [-0.15, -0.1) is 5.10 Å². The van der Waals surface area contributed by atoms with Gasteiger partial charge in [0.1, 0.15) is 11.3 Å². The third-order valence-corrected chi connectivity index (χ3v) is 4.80. The molecule has 1 aliphatic heterocycles. The van der Waals surface area contributed by atoms with Crippen molar-refractivity contribution in [3.63, 3.8) is 0 Å². The van der Waals surface area contributed by atoms with Crippen molar-refractivity contribution < 1.29 is 9.32 Å². The minimum Gasteiger partial charge on any atom is -0.361 e. The number of carbonyl (C=O) groups is 1. The molecule has 0 radical (unpaired) electrons. The summed E-state index contributed by atoms with van der Waals surface area (Å²) >= 11 is 0. The van der Waals surface area contributed by atoms with Crippen LogP contribution in [-0.2, 0) is 0 Å². The minimum absolute atomic E-state index is 0.000987. The Morgan fingerprint density at radius 2 is 1.88 bits per heavy atom. The van der Waals surface area contributed by atoms with Crippen LogP contribution in [0.1, 0.15) is 46.3 Å². The molecule has 2 aromatic heterocycles. The number of nitrogens with zero attached hydrogens (tertiary/aromatic N) is 5. The van der Waals surface area contributed by atoms with Crippen molar-refractivity contribution in [2.75, 3.05) is 31.1 Å². The van der Waals surface area contributed by atoms with Crippen LogP contribution in [-0.4, -0.2) is 52.3 Å². The molecule has 0 aromatic carbocycles. The van der Waals surface area contributed by atoms with Gasteiger partial charge in [0.2, 0.25) is 0 Å². The van der Waals surface area contributed by atoms with Crippen molar-refractivity contribution >= 4 is 11.7 Å². The zero-order chi connectivity index (χ0) is 16.7. The number of carbonyl (C=O) groups excluding carboxylic acids is 1. The minimum atomic E-state index is 0.000987. The Labute approximate surface area is 140 Å². The maximum absolute atomic E-state index is 12.7. The maximum atomic E-state index is 12.7. The fraction of sp³-hybridized carbons (Fsp3) is 0.529. The first-order chi connectivity index (χ1) is 11.6. The van der Waals surface area contributed by atoms with Crippen LogP contribution < -0.4 is 4.90 Å². The van der Waals surface area contributed by atoms with E-state index in [0.717, 1.165) is 24.6 Å². The van der Waals surface area contributed by atoms with E-state index in [2.05, 4.69) is 26.3 Å². The highest BCUT2D eigenvalue weighted by molar-refractivity contribution is 5.96. The van der Waals surface area contributed by atoms with Gasteiger partial charge in [0, 0.05) is 32.1 Å². The average molecular weight is 327 g/mol. The molecule has 2 aliphatic rings.